The van der Waals surface area contributed by atoms with Crippen LogP contribution in [0.4, 0.5) is 96.6 Å². The number of alkyl halides is 10. The van der Waals surface area contributed by atoms with E-state index >= 15 is 0 Å². The molecule has 0 aromatic heterocycles. The zero-order valence-corrected chi connectivity index (χ0v) is 55.0. The van der Waals surface area contributed by atoms with Crippen LogP contribution in [-0.2, 0) is 30.5 Å². The van der Waals surface area contributed by atoms with Crippen LogP contribution < -0.4 is 23.7 Å². The van der Waals surface area contributed by atoms with Crippen LogP contribution in [-0.4, -0.2) is 0 Å². The molecule has 10 aromatic rings. The highest BCUT2D eigenvalue weighted by Crippen LogP contribution is 2.40. The maximum atomic E-state index is 13.9. The van der Waals surface area contributed by atoms with Crippen molar-refractivity contribution in [2.75, 3.05) is 0 Å². The smallest absolute Gasteiger partial charge is 0.426 e. The van der Waals surface area contributed by atoms with Crippen molar-refractivity contribution in [1.82, 2.24) is 0 Å². The normalized spacial score (nSPS) is 11.5. The Hall–Kier alpha value is -10.3. The Bertz CT molecular complexity index is 4530. The van der Waals surface area contributed by atoms with Crippen LogP contribution in [0, 0.1) is 139 Å². The lowest BCUT2D eigenvalue weighted by molar-refractivity contribution is -0.189. The molecule has 102 heavy (non-hydrogen) atoms. The van der Waals surface area contributed by atoms with Gasteiger partial charge in [-0.05, 0) is 230 Å². The third kappa shape index (κ3) is 21.6. The quantitative estimate of drug-likeness (QED) is 0.0957. The number of ether oxygens (including phenoxy) is 5. The van der Waals surface area contributed by atoms with Gasteiger partial charge in [-0.15, -0.1) is 0 Å². The first-order valence-electron chi connectivity index (χ1n) is 29.7. The highest BCUT2D eigenvalue weighted by atomic mass is 19.3. The zero-order valence-electron chi connectivity index (χ0n) is 55.0. The number of aryl methyl sites for hydroxylation is 8. The molecule has 0 N–H and O–H groups in total. The van der Waals surface area contributed by atoms with Crippen molar-refractivity contribution in [2.45, 2.75) is 99.8 Å². The van der Waals surface area contributed by atoms with Crippen LogP contribution in [0.1, 0.15) is 83.5 Å². The van der Waals surface area contributed by atoms with Crippen molar-refractivity contribution in [3.05, 3.63) is 323 Å². The summed E-state index contributed by atoms with van der Waals surface area (Å²) in [5.41, 5.74) is -0.854. The van der Waals surface area contributed by atoms with Gasteiger partial charge in [0.2, 0.25) is 0 Å². The van der Waals surface area contributed by atoms with Crippen molar-refractivity contribution < 1.29 is 120 Å². The lowest BCUT2D eigenvalue weighted by atomic mass is 10.1. The predicted molar refractivity (Wildman–Crippen MR) is 334 cm³/mol. The predicted octanol–water partition coefficient (Wildman–Crippen LogP) is 23.8. The maximum absolute atomic E-state index is 13.9. The second-order valence-corrected chi connectivity index (χ2v) is 22.8. The molecule has 0 saturated heterocycles. The van der Waals surface area contributed by atoms with Crippen LogP contribution >= 0.6 is 0 Å². The Morgan fingerprint density at radius 1 is 0.206 bits per heavy atom. The fraction of sp³-hybridized carbons (Fsp3) is 0.200. The Morgan fingerprint density at radius 3 is 0.804 bits per heavy atom. The summed E-state index contributed by atoms with van der Waals surface area (Å²) in [6.07, 6.45) is -19.7. The molecule has 0 aliphatic carbocycles. The van der Waals surface area contributed by atoms with Gasteiger partial charge in [-0.25, -0.2) is 52.7 Å². The SMILES string of the molecule is Cc1cc(F)c(OC(F)(F)c2cc(F)c(C)c(F)c2)c(F)c1.Cc1ccc(C(F)(F)Oc2ccc(C)cc2F)cc1.Cc1ccc(OC(F)(F)c2cc(F)c(C)c(F)c2)c(F)c1.Cc1ccc(OC(F)(F)c2ccc(C)c(F)c2)c(F)c1.Cc1ccc(OC(F)(F)c2ccc(C)cc2F)c(F)c1. The highest BCUT2D eigenvalue weighted by Gasteiger charge is 2.42. The van der Waals surface area contributed by atoms with E-state index in [1.807, 2.05) is 0 Å². The minimum absolute atomic E-state index is 0.165. The molecule has 5 nitrogen and oxygen atoms in total. The topological polar surface area (TPSA) is 46.2 Å². The fourth-order valence-electron chi connectivity index (χ4n) is 8.51. The molecule has 0 amide bonds. The minimum Gasteiger partial charge on any atom is -0.426 e. The summed E-state index contributed by atoms with van der Waals surface area (Å²) in [5.74, 6) is -16.5. The van der Waals surface area contributed by atoms with Crippen molar-refractivity contribution in [1.29, 1.82) is 0 Å². The van der Waals surface area contributed by atoms with Crippen molar-refractivity contribution >= 4 is 0 Å². The lowest BCUT2D eigenvalue weighted by Gasteiger charge is -2.19. The summed E-state index contributed by atoms with van der Waals surface area (Å²) in [7, 11) is 0. The van der Waals surface area contributed by atoms with Gasteiger partial charge < -0.3 is 23.7 Å². The van der Waals surface area contributed by atoms with Gasteiger partial charge in [0.05, 0.1) is 27.8 Å². The summed E-state index contributed by atoms with van der Waals surface area (Å²) in [6, 6.07) is 29.6. The Morgan fingerprint density at radius 2 is 0.471 bits per heavy atom. The van der Waals surface area contributed by atoms with Gasteiger partial charge in [-0.1, -0.05) is 54.1 Å². The van der Waals surface area contributed by atoms with E-state index in [4.69, 9.17) is 0 Å². The first kappa shape index (κ1) is 80.6. The molecule has 0 aliphatic rings. The Balaban J connectivity index is 0.000000201. The maximum Gasteiger partial charge on any atom is 0.429 e. The molecule has 0 atom stereocenters. The van der Waals surface area contributed by atoms with Crippen molar-refractivity contribution in [3.63, 3.8) is 0 Å². The first-order chi connectivity index (χ1) is 47.3. The molecule has 542 valence electrons. The van der Waals surface area contributed by atoms with Crippen LogP contribution in [0.25, 0.3) is 0 Å². The molecule has 0 heterocycles. The summed E-state index contributed by atoms with van der Waals surface area (Å²) in [6.45, 7) is 14.9. The molecule has 0 unspecified atom stereocenters. The van der Waals surface area contributed by atoms with E-state index in [9.17, 15) is 96.6 Å². The molecule has 27 heteroatoms. The molecule has 0 radical (unpaired) electrons. The highest BCUT2D eigenvalue weighted by molar-refractivity contribution is 5.38. The second kappa shape index (κ2) is 33.0. The number of rotatable bonds is 15. The molecule has 10 aromatic carbocycles. The molecular weight excluding hydrogens is 1400 g/mol. The standard InChI is InChI=1S/C15H10F6O.C15H11F5O.2C15H12F4O.C15H13F3O/c1-7-3-12(18)14(13(19)4-7)22-15(20,21)9-5-10(16)8(2)11(17)6-9;1-8-3-4-14(13(18)5-8)21-15(19,20)10-6-11(16)9(2)12(17)7-10;1-9-3-6-14(13(17)7-9)20-15(18,19)11-5-4-10(2)12(16)8-11;1-9-3-5-11(12(16)7-9)15(18,19)20-14-6-4-10(2)8-13(14)17;1-10-3-6-12(7-4-10)15(17,18)19-14-8-5-11(2)9-13(14)16/h3-6H,1-2H3;3-7H,1-2H3;2*3-8H,1-2H3;3-9H,1-2H3. The van der Waals surface area contributed by atoms with Gasteiger partial charge >= 0.3 is 30.5 Å². The summed E-state index contributed by atoms with van der Waals surface area (Å²) in [4.78, 5) is 0. The molecule has 0 spiro atoms. The van der Waals surface area contributed by atoms with Crippen molar-refractivity contribution in [2.24, 2.45) is 0 Å². The zero-order chi connectivity index (χ0) is 76.3. The van der Waals surface area contributed by atoms with Crippen LogP contribution in [0.3, 0.4) is 0 Å². The van der Waals surface area contributed by atoms with Gasteiger partial charge in [0, 0.05) is 11.1 Å². The average molecular weight is 1460 g/mol. The van der Waals surface area contributed by atoms with E-state index in [1.165, 1.54) is 68.4 Å². The van der Waals surface area contributed by atoms with Crippen LogP contribution in [0.15, 0.2) is 170 Å². The monoisotopic (exact) mass is 1460 g/mol. The molecule has 0 bridgehead atoms. The van der Waals surface area contributed by atoms with E-state index < -0.39 is 157 Å². The molecule has 0 saturated carbocycles. The summed E-state index contributed by atoms with van der Waals surface area (Å²) in [5, 5.41) is 0. The van der Waals surface area contributed by atoms with Crippen molar-refractivity contribution in [3.8, 4) is 28.7 Å². The second-order valence-electron chi connectivity index (χ2n) is 22.8. The van der Waals surface area contributed by atoms with Gasteiger partial charge in [-0.3, -0.25) is 0 Å². The molecule has 10 rings (SSSR count). The minimum atomic E-state index is -4.31. The number of halogens is 22. The van der Waals surface area contributed by atoms with E-state index in [1.54, 1.807) is 53.7 Å². The largest absolute Gasteiger partial charge is 0.429 e. The molecular formula is C75H58F22O5. The number of hydrogen-bond acceptors (Lipinski definition) is 5. The van der Waals surface area contributed by atoms with E-state index in [0.717, 1.165) is 92.2 Å². The average Bonchev–Trinajstić information content (AvgIpc) is 0.801. The summed E-state index contributed by atoms with van der Waals surface area (Å²) < 4.78 is 322. The van der Waals surface area contributed by atoms with E-state index in [-0.39, 0.29) is 22.3 Å². The first-order valence-corrected chi connectivity index (χ1v) is 29.7. The molecule has 0 fully saturated rings. The number of hydrogen-bond donors (Lipinski definition) is 0. The Labute approximate surface area is 570 Å². The van der Waals surface area contributed by atoms with Gasteiger partial charge in [0.15, 0.2) is 63.7 Å². The van der Waals surface area contributed by atoms with Crippen LogP contribution in [0.2, 0.25) is 0 Å². The third-order valence-electron chi connectivity index (χ3n) is 14.2. The molecule has 0 aliphatic heterocycles. The van der Waals surface area contributed by atoms with E-state index in [0.29, 0.717) is 58.1 Å². The van der Waals surface area contributed by atoms with Crippen LogP contribution in [0.5, 0.6) is 28.7 Å². The van der Waals surface area contributed by atoms with Gasteiger partial charge in [0.25, 0.3) is 0 Å². The lowest BCUT2D eigenvalue weighted by Crippen LogP contribution is -2.24. The van der Waals surface area contributed by atoms with Gasteiger partial charge in [0.1, 0.15) is 34.9 Å². The number of benzene rings is 10. The fourth-order valence-corrected chi connectivity index (χ4v) is 8.51. The Kier molecular flexibility index (Phi) is 26.1. The third-order valence-corrected chi connectivity index (χ3v) is 14.2. The summed E-state index contributed by atoms with van der Waals surface area (Å²) >= 11 is 0. The van der Waals surface area contributed by atoms with E-state index in [2.05, 4.69) is 23.7 Å². The van der Waals surface area contributed by atoms with Gasteiger partial charge in [-0.2, -0.15) is 43.9 Å².